The average molecular weight is 207 g/mol. The van der Waals surface area contributed by atoms with Crippen molar-refractivity contribution < 1.29 is 15.0 Å². The third-order valence-electron chi connectivity index (χ3n) is 1.39. The predicted molar refractivity (Wildman–Crippen MR) is 57.8 cm³/mol. The van der Waals surface area contributed by atoms with Gasteiger partial charge in [-0.3, -0.25) is 4.79 Å². The van der Waals surface area contributed by atoms with E-state index in [1.165, 1.54) is 0 Å². The molecule has 0 aliphatic carbocycles. The standard InChI is InChI=1S/C8H14O3.CH5P/c1-6(2)8(11)4-3-7(10)5-9;1-2/h7,9-10H,1,3-5H2,2H3;2H2,1H3/i;2D. The number of ketones is 1. The minimum atomic E-state index is -0.779. The maximum absolute atomic E-state index is 10.9. The quantitative estimate of drug-likeness (QED) is 0.517. The molecule has 0 bridgehead atoms. The molecule has 0 saturated heterocycles. The van der Waals surface area contributed by atoms with Gasteiger partial charge in [0.15, 0.2) is 5.78 Å². The Morgan fingerprint density at radius 3 is 2.54 bits per heavy atom. The van der Waals surface area contributed by atoms with E-state index in [1.807, 2.05) is 6.66 Å². The molecular formula is C9H19O3P. The first-order chi connectivity index (χ1) is 6.49. The summed E-state index contributed by atoms with van der Waals surface area (Å²) in [6.45, 7) is 6.63. The van der Waals surface area contributed by atoms with Gasteiger partial charge in [-0.05, 0) is 18.9 Å². The minimum Gasteiger partial charge on any atom is -0.394 e. The van der Waals surface area contributed by atoms with E-state index >= 15 is 0 Å². The Labute approximate surface area is 83.3 Å². The fourth-order valence-electron chi connectivity index (χ4n) is 0.602. The van der Waals surface area contributed by atoms with Gasteiger partial charge in [-0.25, -0.2) is 0 Å². The van der Waals surface area contributed by atoms with Gasteiger partial charge in [-0.1, -0.05) is 13.2 Å². The highest BCUT2D eigenvalue weighted by atomic mass is 31.0. The Morgan fingerprint density at radius 1 is 1.77 bits per heavy atom. The van der Waals surface area contributed by atoms with Gasteiger partial charge in [0.2, 0.25) is 0 Å². The lowest BCUT2D eigenvalue weighted by molar-refractivity contribution is -0.116. The van der Waals surface area contributed by atoms with Gasteiger partial charge in [0.1, 0.15) is 0 Å². The van der Waals surface area contributed by atoms with Crippen LogP contribution in [0.2, 0.25) is 0 Å². The number of aliphatic hydroxyl groups excluding tert-OH is 2. The van der Waals surface area contributed by atoms with Gasteiger partial charge in [0.25, 0.3) is 0 Å². The molecule has 0 aromatic carbocycles. The van der Waals surface area contributed by atoms with Crippen LogP contribution in [-0.2, 0) is 4.79 Å². The van der Waals surface area contributed by atoms with E-state index in [0.717, 1.165) is 0 Å². The summed E-state index contributed by atoms with van der Waals surface area (Å²) in [6, 6.07) is 0. The molecule has 0 spiro atoms. The highest BCUT2D eigenvalue weighted by molar-refractivity contribution is 7.15. The first kappa shape index (κ1) is 12.8. The number of carbonyl (C=O) groups excluding carboxylic acids is 1. The molecule has 4 heteroatoms. The Bertz CT molecular complexity index is 173. The van der Waals surface area contributed by atoms with E-state index in [9.17, 15) is 4.79 Å². The molecule has 13 heavy (non-hydrogen) atoms. The number of allylic oxidation sites excluding steroid dienone is 1. The number of Topliss-reactive ketones (excluding diaryl/α,β-unsaturated/α-hetero) is 1. The number of rotatable bonds is 5. The number of hydrogen-bond acceptors (Lipinski definition) is 3. The summed E-state index contributed by atoms with van der Waals surface area (Å²) in [7, 11) is 0.333. The Kier molecular flexibility index (Phi) is 9.66. The molecule has 0 radical (unpaired) electrons. The second-order valence-corrected chi connectivity index (χ2v) is 2.58. The molecule has 3 nitrogen and oxygen atoms in total. The molecule has 0 fully saturated rings. The van der Waals surface area contributed by atoms with Crippen molar-refractivity contribution in [3.05, 3.63) is 12.2 Å². The van der Waals surface area contributed by atoms with Gasteiger partial charge in [-0.15, -0.1) is 9.18 Å². The maximum atomic E-state index is 10.9. The van der Waals surface area contributed by atoms with Crippen LogP contribution in [0.5, 0.6) is 0 Å². The topological polar surface area (TPSA) is 57.5 Å². The molecule has 78 valence electrons. The molecule has 0 aliphatic heterocycles. The van der Waals surface area contributed by atoms with E-state index in [0.29, 0.717) is 21.2 Å². The Balaban J connectivity index is 0. The molecule has 2 atom stereocenters. The molecule has 0 saturated carbocycles. The van der Waals surface area contributed by atoms with Crippen LogP contribution in [0.15, 0.2) is 12.2 Å². The molecule has 0 aromatic rings. The summed E-state index contributed by atoms with van der Waals surface area (Å²) >= 11 is 0. The minimum absolute atomic E-state index is 0.0579. The van der Waals surface area contributed by atoms with E-state index in [2.05, 4.69) is 6.58 Å². The molecule has 0 aromatic heterocycles. The largest absolute Gasteiger partial charge is 0.394 e. The average Bonchev–Trinajstić information content (AvgIpc) is 2.14. The van der Waals surface area contributed by atoms with E-state index in [4.69, 9.17) is 11.5 Å². The first-order valence-corrected chi connectivity index (χ1v) is 5.05. The number of hydrogen-bond donors (Lipinski definition) is 2. The van der Waals surface area contributed by atoms with Crippen LogP contribution in [0.25, 0.3) is 0 Å². The number of aliphatic hydroxyl groups is 2. The van der Waals surface area contributed by atoms with Crippen LogP contribution in [-0.4, -0.2) is 36.7 Å². The molecule has 0 amide bonds. The van der Waals surface area contributed by atoms with Crippen LogP contribution in [0.3, 0.4) is 0 Å². The second-order valence-electron chi connectivity index (χ2n) is 2.58. The Morgan fingerprint density at radius 2 is 2.23 bits per heavy atom. The van der Waals surface area contributed by atoms with Gasteiger partial charge < -0.3 is 10.2 Å². The summed E-state index contributed by atoms with van der Waals surface area (Å²) in [5.41, 5.74) is 0.495. The number of carbonyl (C=O) groups is 1. The third kappa shape index (κ3) is 9.68. The summed E-state index contributed by atoms with van der Waals surface area (Å²) < 4.78 is 6.24. The molecule has 0 heterocycles. The smallest absolute Gasteiger partial charge is 0.158 e. The van der Waals surface area contributed by atoms with Crippen molar-refractivity contribution in [3.8, 4) is 0 Å². The maximum Gasteiger partial charge on any atom is 0.158 e. The zero-order valence-corrected chi connectivity index (χ0v) is 9.21. The van der Waals surface area contributed by atoms with Crippen molar-refractivity contribution in [2.75, 3.05) is 13.3 Å². The molecule has 2 N–H and O–H groups in total. The van der Waals surface area contributed by atoms with Gasteiger partial charge in [-0.2, -0.15) is 0 Å². The van der Waals surface area contributed by atoms with Crippen molar-refractivity contribution in [3.63, 3.8) is 0 Å². The summed E-state index contributed by atoms with van der Waals surface area (Å²) in [6.07, 6.45) is -0.211. The second kappa shape index (κ2) is 9.85. The monoisotopic (exact) mass is 207 g/mol. The van der Waals surface area contributed by atoms with Crippen LogP contribution in [0, 0.1) is 0 Å². The normalized spacial score (nSPS) is 13.1. The first-order valence-electron chi connectivity index (χ1n) is 4.55. The van der Waals surface area contributed by atoms with Crippen molar-refractivity contribution >= 4 is 15.0 Å². The zero-order valence-electron chi connectivity index (χ0n) is 9.21. The van der Waals surface area contributed by atoms with E-state index in [-0.39, 0.29) is 18.8 Å². The van der Waals surface area contributed by atoms with Crippen LogP contribution >= 0.6 is 9.18 Å². The summed E-state index contributed by atoms with van der Waals surface area (Å²) in [5.74, 6) is -0.0579. The molecule has 2 unspecified atom stereocenters. The van der Waals surface area contributed by atoms with Crippen molar-refractivity contribution in [2.24, 2.45) is 0 Å². The fourth-order valence-corrected chi connectivity index (χ4v) is 0.602. The summed E-state index contributed by atoms with van der Waals surface area (Å²) in [5, 5.41) is 17.3. The molecular weight excluding hydrogens is 187 g/mol. The summed E-state index contributed by atoms with van der Waals surface area (Å²) in [4.78, 5) is 10.9. The highest BCUT2D eigenvalue weighted by Crippen LogP contribution is 2.02. The van der Waals surface area contributed by atoms with Crippen molar-refractivity contribution in [2.45, 2.75) is 25.9 Å². The van der Waals surface area contributed by atoms with Crippen LogP contribution < -0.4 is 0 Å². The Hall–Kier alpha value is -0.240. The third-order valence-corrected chi connectivity index (χ3v) is 1.39. The van der Waals surface area contributed by atoms with Gasteiger partial charge >= 0.3 is 0 Å². The SMILES string of the molecule is C=C(C)C(=O)CCC(O)CO.[2H]PC. The van der Waals surface area contributed by atoms with Crippen LogP contribution in [0.4, 0.5) is 0 Å². The zero-order chi connectivity index (χ0) is 11.6. The predicted octanol–water partition coefficient (Wildman–Crippen LogP) is 0.756. The van der Waals surface area contributed by atoms with E-state index < -0.39 is 6.10 Å². The van der Waals surface area contributed by atoms with Crippen LogP contribution in [0.1, 0.15) is 19.8 Å². The molecule has 0 aliphatic rings. The lowest BCUT2D eigenvalue weighted by Gasteiger charge is -2.04. The lowest BCUT2D eigenvalue weighted by Crippen LogP contribution is -2.13. The van der Waals surface area contributed by atoms with Gasteiger partial charge in [0.05, 0.1) is 14.0 Å². The molecule has 0 rings (SSSR count). The van der Waals surface area contributed by atoms with E-state index in [1.54, 1.807) is 6.92 Å². The fraction of sp³-hybridized carbons (Fsp3) is 0.667. The van der Waals surface area contributed by atoms with Gasteiger partial charge in [0, 0.05) is 6.42 Å². The van der Waals surface area contributed by atoms with Crippen molar-refractivity contribution in [1.29, 1.82) is 1.28 Å². The highest BCUT2D eigenvalue weighted by Gasteiger charge is 2.06. The van der Waals surface area contributed by atoms with Crippen molar-refractivity contribution in [1.82, 2.24) is 0 Å². The lowest BCUT2D eigenvalue weighted by atomic mass is 10.1.